The quantitative estimate of drug-likeness (QED) is 0.388. The molecule has 3 aromatic carbocycles. The molecule has 0 spiro atoms. The summed E-state index contributed by atoms with van der Waals surface area (Å²) in [6.45, 7) is 0. The second-order valence-electron chi connectivity index (χ2n) is 5.08. The standard InChI is InChI=1S/C20H16ClNS/c21-18-6-4-5-17(13-18)14-22-19-11-9-16(10-12-19)15-23-20-7-2-1-3-8-20/h1-14H,15H2. The lowest BCUT2D eigenvalue weighted by Gasteiger charge is -2.02. The van der Waals surface area contributed by atoms with Crippen molar-refractivity contribution in [2.24, 2.45) is 4.99 Å². The Hall–Kier alpha value is -2.03. The predicted octanol–water partition coefficient (Wildman–Crippen LogP) is 6.38. The number of thioether (sulfide) groups is 1. The van der Waals surface area contributed by atoms with E-state index in [2.05, 4.69) is 41.4 Å². The first-order valence-corrected chi connectivity index (χ1v) is 8.72. The van der Waals surface area contributed by atoms with Crippen LogP contribution >= 0.6 is 23.4 Å². The highest BCUT2D eigenvalue weighted by Gasteiger charge is 1.97. The first-order chi connectivity index (χ1) is 11.3. The molecule has 0 saturated carbocycles. The summed E-state index contributed by atoms with van der Waals surface area (Å²) in [6, 6.07) is 26.4. The number of benzene rings is 3. The van der Waals surface area contributed by atoms with Gasteiger partial charge < -0.3 is 0 Å². The van der Waals surface area contributed by atoms with Gasteiger partial charge in [-0.25, -0.2) is 0 Å². The maximum Gasteiger partial charge on any atom is 0.0630 e. The van der Waals surface area contributed by atoms with Crippen molar-refractivity contribution >= 4 is 35.3 Å². The Morgan fingerprint density at radius 2 is 1.65 bits per heavy atom. The third-order valence-electron chi connectivity index (χ3n) is 3.30. The third kappa shape index (κ3) is 4.98. The van der Waals surface area contributed by atoms with Crippen LogP contribution in [0.4, 0.5) is 5.69 Å². The van der Waals surface area contributed by atoms with Crippen LogP contribution in [0.2, 0.25) is 5.02 Å². The molecule has 3 aromatic rings. The minimum Gasteiger partial charge on any atom is -0.256 e. The highest BCUT2D eigenvalue weighted by atomic mass is 35.5. The van der Waals surface area contributed by atoms with Crippen molar-refractivity contribution in [3.05, 3.63) is 95.0 Å². The highest BCUT2D eigenvalue weighted by molar-refractivity contribution is 7.98. The van der Waals surface area contributed by atoms with Crippen molar-refractivity contribution in [3.8, 4) is 0 Å². The second-order valence-corrected chi connectivity index (χ2v) is 6.57. The van der Waals surface area contributed by atoms with E-state index < -0.39 is 0 Å². The predicted molar refractivity (Wildman–Crippen MR) is 101 cm³/mol. The molecule has 0 heterocycles. The van der Waals surface area contributed by atoms with Crippen LogP contribution in [0.25, 0.3) is 0 Å². The van der Waals surface area contributed by atoms with Crippen LogP contribution in [0.15, 0.2) is 88.8 Å². The van der Waals surface area contributed by atoms with Crippen molar-refractivity contribution in [2.45, 2.75) is 10.6 Å². The van der Waals surface area contributed by atoms with Crippen molar-refractivity contribution in [3.63, 3.8) is 0 Å². The van der Waals surface area contributed by atoms with E-state index in [-0.39, 0.29) is 0 Å². The molecule has 0 aliphatic rings. The number of rotatable bonds is 5. The van der Waals surface area contributed by atoms with Crippen molar-refractivity contribution in [2.75, 3.05) is 0 Å². The number of hydrogen-bond donors (Lipinski definition) is 0. The minimum absolute atomic E-state index is 0.724. The maximum atomic E-state index is 5.97. The van der Waals surface area contributed by atoms with Crippen LogP contribution < -0.4 is 0 Å². The molecule has 0 saturated heterocycles. The summed E-state index contributed by atoms with van der Waals surface area (Å²) in [5.74, 6) is 0.961. The van der Waals surface area contributed by atoms with Gasteiger partial charge in [0.25, 0.3) is 0 Å². The van der Waals surface area contributed by atoms with Gasteiger partial charge in [-0.05, 0) is 47.5 Å². The van der Waals surface area contributed by atoms with Gasteiger partial charge in [0.2, 0.25) is 0 Å². The van der Waals surface area contributed by atoms with Gasteiger partial charge in [0, 0.05) is 21.9 Å². The van der Waals surface area contributed by atoms with Gasteiger partial charge in [0.1, 0.15) is 0 Å². The van der Waals surface area contributed by atoms with Gasteiger partial charge in [0.15, 0.2) is 0 Å². The Morgan fingerprint density at radius 1 is 0.870 bits per heavy atom. The third-order valence-corrected chi connectivity index (χ3v) is 4.61. The molecule has 1 nitrogen and oxygen atoms in total. The summed E-state index contributed by atoms with van der Waals surface area (Å²) in [7, 11) is 0. The van der Waals surface area contributed by atoms with Crippen LogP contribution in [0.3, 0.4) is 0 Å². The van der Waals surface area contributed by atoms with Crippen LogP contribution in [-0.4, -0.2) is 6.21 Å². The van der Waals surface area contributed by atoms with Gasteiger partial charge in [-0.1, -0.05) is 54.1 Å². The lowest BCUT2D eigenvalue weighted by Crippen LogP contribution is -1.81. The molecule has 0 aliphatic carbocycles. The summed E-state index contributed by atoms with van der Waals surface area (Å²) in [4.78, 5) is 5.77. The summed E-state index contributed by atoms with van der Waals surface area (Å²) in [5.41, 5.74) is 3.24. The van der Waals surface area contributed by atoms with Crippen molar-refractivity contribution in [1.82, 2.24) is 0 Å². The maximum absolute atomic E-state index is 5.97. The number of nitrogens with zero attached hydrogens (tertiary/aromatic N) is 1. The fourth-order valence-corrected chi connectivity index (χ4v) is 3.17. The largest absolute Gasteiger partial charge is 0.256 e. The van der Waals surface area contributed by atoms with Crippen LogP contribution in [-0.2, 0) is 5.75 Å². The zero-order valence-electron chi connectivity index (χ0n) is 12.5. The molecule has 0 radical (unpaired) electrons. The zero-order valence-corrected chi connectivity index (χ0v) is 14.1. The van der Waals surface area contributed by atoms with E-state index in [9.17, 15) is 0 Å². The SMILES string of the molecule is Clc1cccc(C=Nc2ccc(CSc3ccccc3)cc2)c1. The van der Waals surface area contributed by atoms with Gasteiger partial charge in [-0.2, -0.15) is 0 Å². The molecular formula is C20H16ClNS. The summed E-state index contributed by atoms with van der Waals surface area (Å²) in [5, 5.41) is 0.724. The van der Waals surface area contributed by atoms with Gasteiger partial charge in [0.05, 0.1) is 5.69 Å². The van der Waals surface area contributed by atoms with E-state index in [0.29, 0.717) is 0 Å². The lowest BCUT2D eigenvalue weighted by atomic mass is 10.2. The van der Waals surface area contributed by atoms with Gasteiger partial charge >= 0.3 is 0 Å². The number of aliphatic imine (C=N–C) groups is 1. The molecule has 114 valence electrons. The molecule has 0 bridgehead atoms. The molecule has 3 rings (SSSR count). The fraction of sp³-hybridized carbons (Fsp3) is 0.0500. The molecule has 0 aromatic heterocycles. The molecule has 3 heteroatoms. The number of hydrogen-bond acceptors (Lipinski definition) is 2. The van der Waals surface area contributed by atoms with Crippen LogP contribution in [0.5, 0.6) is 0 Å². The fourth-order valence-electron chi connectivity index (χ4n) is 2.10. The van der Waals surface area contributed by atoms with E-state index in [1.165, 1.54) is 10.5 Å². The van der Waals surface area contributed by atoms with E-state index in [1.54, 1.807) is 0 Å². The lowest BCUT2D eigenvalue weighted by molar-refractivity contribution is 1.37. The van der Waals surface area contributed by atoms with E-state index in [0.717, 1.165) is 22.0 Å². The molecule has 0 N–H and O–H groups in total. The molecule has 0 atom stereocenters. The minimum atomic E-state index is 0.724. The van der Waals surface area contributed by atoms with Crippen LogP contribution in [0, 0.1) is 0 Å². The molecule has 0 unspecified atom stereocenters. The van der Waals surface area contributed by atoms with Crippen molar-refractivity contribution in [1.29, 1.82) is 0 Å². The van der Waals surface area contributed by atoms with Crippen LogP contribution in [0.1, 0.15) is 11.1 Å². The average molecular weight is 338 g/mol. The summed E-state index contributed by atoms with van der Waals surface area (Å²) < 4.78 is 0. The van der Waals surface area contributed by atoms with E-state index >= 15 is 0 Å². The monoisotopic (exact) mass is 337 g/mol. The first kappa shape index (κ1) is 15.9. The Balaban J connectivity index is 1.61. The normalized spacial score (nSPS) is 11.0. The van der Waals surface area contributed by atoms with Crippen molar-refractivity contribution < 1.29 is 0 Å². The Kier molecular flexibility index (Phi) is 5.51. The highest BCUT2D eigenvalue weighted by Crippen LogP contribution is 2.23. The second kappa shape index (κ2) is 8.00. The molecule has 0 amide bonds. The smallest absolute Gasteiger partial charge is 0.0630 e. The Morgan fingerprint density at radius 3 is 2.39 bits per heavy atom. The Bertz CT molecular complexity index is 782. The zero-order chi connectivity index (χ0) is 15.9. The first-order valence-electron chi connectivity index (χ1n) is 7.36. The molecular weight excluding hydrogens is 322 g/mol. The molecule has 23 heavy (non-hydrogen) atoms. The summed E-state index contributed by atoms with van der Waals surface area (Å²) >= 11 is 7.81. The summed E-state index contributed by atoms with van der Waals surface area (Å²) in [6.07, 6.45) is 1.83. The topological polar surface area (TPSA) is 12.4 Å². The molecule has 0 fully saturated rings. The molecule has 0 aliphatic heterocycles. The van der Waals surface area contributed by atoms with E-state index in [4.69, 9.17) is 11.6 Å². The van der Waals surface area contributed by atoms with Gasteiger partial charge in [-0.15, -0.1) is 11.8 Å². The Labute approximate surface area is 146 Å². The average Bonchev–Trinajstić information content (AvgIpc) is 2.60. The van der Waals surface area contributed by atoms with E-state index in [1.807, 2.05) is 60.4 Å². The number of halogens is 1. The van der Waals surface area contributed by atoms with Gasteiger partial charge in [-0.3, -0.25) is 4.99 Å².